The van der Waals surface area contributed by atoms with Gasteiger partial charge in [0.2, 0.25) is 0 Å². The smallest absolute Gasteiger partial charge is 0.143 e. The summed E-state index contributed by atoms with van der Waals surface area (Å²) in [5, 5.41) is 5.63. The molecule has 0 unspecified atom stereocenters. The Bertz CT molecular complexity index is 3340. The average molecular weight is 753 g/mol. The van der Waals surface area contributed by atoms with Crippen LogP contribution in [0, 0.1) is 0 Å². The van der Waals surface area contributed by atoms with Crippen LogP contribution in [0.3, 0.4) is 0 Å². The van der Waals surface area contributed by atoms with Crippen LogP contribution in [0.5, 0.6) is 0 Å². The number of hydrogen-bond donors (Lipinski definition) is 0. The van der Waals surface area contributed by atoms with Gasteiger partial charge in [-0.15, -0.1) is 0 Å². The molecule has 11 aromatic rings. The van der Waals surface area contributed by atoms with Gasteiger partial charge in [-0.25, -0.2) is 0 Å². The Morgan fingerprint density at radius 3 is 1.76 bits per heavy atom. The van der Waals surface area contributed by atoms with E-state index in [-0.39, 0.29) is 0 Å². The maximum atomic E-state index is 6.46. The Morgan fingerprint density at radius 2 is 1.00 bits per heavy atom. The van der Waals surface area contributed by atoms with Crippen LogP contribution < -0.4 is 4.90 Å². The molecule has 0 radical (unpaired) electrons. The summed E-state index contributed by atoms with van der Waals surface area (Å²) in [5.41, 5.74) is 15.3. The van der Waals surface area contributed by atoms with Crippen LogP contribution in [0.1, 0.15) is 22.3 Å². The summed E-state index contributed by atoms with van der Waals surface area (Å²) in [7, 11) is 0. The molecule has 0 N–H and O–H groups in total. The van der Waals surface area contributed by atoms with Gasteiger partial charge >= 0.3 is 0 Å². The lowest BCUT2D eigenvalue weighted by Crippen LogP contribution is -2.28. The first-order valence-electron chi connectivity index (χ1n) is 20.2. The summed E-state index contributed by atoms with van der Waals surface area (Å²) in [5.74, 6) is 0. The van der Waals surface area contributed by atoms with Crippen molar-refractivity contribution in [1.82, 2.24) is 4.98 Å². The lowest BCUT2D eigenvalue weighted by Gasteiger charge is -2.34. The van der Waals surface area contributed by atoms with Crippen molar-refractivity contribution in [3.63, 3.8) is 0 Å². The maximum absolute atomic E-state index is 6.46. The van der Waals surface area contributed by atoms with Gasteiger partial charge in [0.25, 0.3) is 0 Å². The molecule has 3 nitrogen and oxygen atoms in total. The molecule has 12 rings (SSSR count). The highest BCUT2D eigenvalue weighted by atomic mass is 16.3. The monoisotopic (exact) mass is 752 g/mol. The summed E-state index contributed by atoms with van der Waals surface area (Å²) in [4.78, 5) is 7.34. The van der Waals surface area contributed by atoms with Gasteiger partial charge in [0, 0.05) is 44.7 Å². The molecule has 9 aromatic carbocycles. The first-order valence-corrected chi connectivity index (χ1v) is 20.2. The zero-order valence-electron chi connectivity index (χ0n) is 32.1. The van der Waals surface area contributed by atoms with E-state index in [0.717, 1.165) is 71.8 Å². The molecule has 0 saturated heterocycles. The highest BCUT2D eigenvalue weighted by Gasteiger charge is 2.45. The van der Waals surface area contributed by atoms with Crippen molar-refractivity contribution in [3.05, 3.63) is 241 Å². The van der Waals surface area contributed by atoms with Crippen molar-refractivity contribution in [1.29, 1.82) is 0 Å². The summed E-state index contributed by atoms with van der Waals surface area (Å²) in [6.45, 7) is 0. The van der Waals surface area contributed by atoms with Gasteiger partial charge in [-0.1, -0.05) is 164 Å². The number of furan rings is 1. The normalized spacial score (nSPS) is 12.9. The van der Waals surface area contributed by atoms with Gasteiger partial charge in [0.05, 0.1) is 16.6 Å². The number of fused-ring (bicyclic) bond motifs is 9. The van der Waals surface area contributed by atoms with Crippen LogP contribution in [0.25, 0.3) is 65.9 Å². The molecule has 0 amide bonds. The van der Waals surface area contributed by atoms with Gasteiger partial charge < -0.3 is 9.32 Å². The molecule has 1 aliphatic carbocycles. The molecule has 0 aliphatic heterocycles. The standard InChI is InChI=1S/C56H36N2O/c1-2-15-39(16-3-1)56(50-24-9-6-18-45(50)46-19-7-10-25-51(46)56)40-29-33-42(34-30-40)58(52-36-38-14-4-5-17-43(38)54-49(52)23-13-35-57-54)41-31-27-37(28-32-41)44-21-12-22-48-47-20-8-11-26-53(47)59-55(44)48/h1-36H. The van der Waals surface area contributed by atoms with Crippen LogP contribution in [0.15, 0.2) is 223 Å². The van der Waals surface area contributed by atoms with E-state index < -0.39 is 5.41 Å². The third kappa shape index (κ3) is 4.98. The summed E-state index contributed by atoms with van der Waals surface area (Å²) in [6, 6.07) is 76.8. The third-order valence-electron chi connectivity index (χ3n) is 12.4. The maximum Gasteiger partial charge on any atom is 0.143 e. The second-order valence-electron chi connectivity index (χ2n) is 15.4. The Kier molecular flexibility index (Phi) is 7.45. The fraction of sp³-hybridized carbons (Fsp3) is 0.0179. The zero-order valence-corrected chi connectivity index (χ0v) is 32.1. The Balaban J connectivity index is 1.06. The van der Waals surface area contributed by atoms with E-state index in [1.165, 1.54) is 33.4 Å². The molecule has 59 heavy (non-hydrogen) atoms. The molecule has 3 heteroatoms. The second kappa shape index (κ2) is 13.2. The van der Waals surface area contributed by atoms with Crippen molar-refractivity contribution in [3.8, 4) is 22.3 Å². The minimum absolute atomic E-state index is 0.476. The number of aromatic nitrogens is 1. The first-order chi connectivity index (χ1) is 29.3. The van der Waals surface area contributed by atoms with E-state index >= 15 is 0 Å². The van der Waals surface area contributed by atoms with E-state index in [4.69, 9.17) is 9.40 Å². The van der Waals surface area contributed by atoms with Gasteiger partial charge in [0.1, 0.15) is 11.2 Å². The Morgan fingerprint density at radius 1 is 0.424 bits per heavy atom. The Hall–Kier alpha value is -7.75. The molecule has 276 valence electrons. The number of nitrogens with zero attached hydrogens (tertiary/aromatic N) is 2. The molecule has 0 saturated carbocycles. The predicted molar refractivity (Wildman–Crippen MR) is 244 cm³/mol. The van der Waals surface area contributed by atoms with E-state index in [0.29, 0.717) is 0 Å². The number of pyridine rings is 1. The van der Waals surface area contributed by atoms with Gasteiger partial charge in [0.15, 0.2) is 0 Å². The van der Waals surface area contributed by atoms with Crippen molar-refractivity contribution in [2.45, 2.75) is 5.41 Å². The number of para-hydroxylation sites is 2. The van der Waals surface area contributed by atoms with E-state index in [1.807, 2.05) is 24.4 Å². The van der Waals surface area contributed by atoms with Crippen molar-refractivity contribution >= 4 is 60.7 Å². The zero-order chi connectivity index (χ0) is 38.9. The minimum atomic E-state index is -0.476. The highest BCUT2D eigenvalue weighted by molar-refractivity contribution is 6.13. The topological polar surface area (TPSA) is 29.3 Å². The summed E-state index contributed by atoms with van der Waals surface area (Å²) in [6.07, 6.45) is 1.89. The van der Waals surface area contributed by atoms with Crippen LogP contribution in [-0.4, -0.2) is 4.98 Å². The van der Waals surface area contributed by atoms with Gasteiger partial charge in [-0.3, -0.25) is 4.98 Å². The molecule has 2 heterocycles. The molecular weight excluding hydrogens is 717 g/mol. The molecule has 2 aromatic heterocycles. The lowest BCUT2D eigenvalue weighted by molar-refractivity contribution is 0.670. The number of hydrogen-bond acceptors (Lipinski definition) is 3. The van der Waals surface area contributed by atoms with E-state index in [2.05, 4.69) is 199 Å². The quantitative estimate of drug-likeness (QED) is 0.158. The van der Waals surface area contributed by atoms with Crippen LogP contribution in [0.4, 0.5) is 17.1 Å². The van der Waals surface area contributed by atoms with Gasteiger partial charge in [-0.2, -0.15) is 0 Å². The SMILES string of the molecule is c1ccc(C2(c3ccc(N(c4ccc(-c5cccc6c5oc5ccccc56)cc4)c4cc5ccccc5c5ncccc45)cc3)c3ccccc3-c3ccccc32)cc1. The highest BCUT2D eigenvalue weighted by Crippen LogP contribution is 2.56. The Labute approximate surface area is 342 Å². The number of benzene rings is 9. The largest absolute Gasteiger partial charge is 0.455 e. The predicted octanol–water partition coefficient (Wildman–Crippen LogP) is 14.8. The number of anilines is 3. The molecule has 1 aliphatic rings. The third-order valence-corrected chi connectivity index (χ3v) is 12.4. The average Bonchev–Trinajstić information content (AvgIpc) is 3.84. The van der Waals surface area contributed by atoms with Crippen molar-refractivity contribution < 1.29 is 4.42 Å². The van der Waals surface area contributed by atoms with Gasteiger partial charge in [-0.05, 0) is 92.9 Å². The van der Waals surface area contributed by atoms with E-state index in [9.17, 15) is 0 Å². The molecule has 0 atom stereocenters. The molecule has 0 spiro atoms. The fourth-order valence-corrected chi connectivity index (χ4v) is 9.84. The lowest BCUT2D eigenvalue weighted by atomic mass is 9.68. The molecule has 0 bridgehead atoms. The van der Waals surface area contributed by atoms with Crippen molar-refractivity contribution in [2.75, 3.05) is 4.90 Å². The minimum Gasteiger partial charge on any atom is -0.455 e. The fourth-order valence-electron chi connectivity index (χ4n) is 9.84. The number of rotatable bonds is 6. The second-order valence-corrected chi connectivity index (χ2v) is 15.4. The molecular formula is C56H36N2O. The van der Waals surface area contributed by atoms with Crippen molar-refractivity contribution in [2.24, 2.45) is 0 Å². The van der Waals surface area contributed by atoms with Crippen LogP contribution in [-0.2, 0) is 5.41 Å². The van der Waals surface area contributed by atoms with E-state index in [1.54, 1.807) is 0 Å². The molecule has 0 fully saturated rings. The van der Waals surface area contributed by atoms with Crippen LogP contribution >= 0.6 is 0 Å². The summed E-state index contributed by atoms with van der Waals surface area (Å²) >= 11 is 0. The first kappa shape index (κ1) is 33.4. The summed E-state index contributed by atoms with van der Waals surface area (Å²) < 4.78 is 6.46. The van der Waals surface area contributed by atoms with Crippen LogP contribution in [0.2, 0.25) is 0 Å².